The summed E-state index contributed by atoms with van der Waals surface area (Å²) in [6.07, 6.45) is 0.172. The second-order valence-electron chi connectivity index (χ2n) is 6.53. The van der Waals surface area contributed by atoms with Crippen molar-refractivity contribution >= 4 is 34.8 Å². The second-order valence-corrected chi connectivity index (χ2v) is 6.94. The third-order valence-corrected chi connectivity index (χ3v) is 4.98. The number of hydrogen-bond donors (Lipinski definition) is 1. The number of benzene rings is 2. The van der Waals surface area contributed by atoms with Crippen LogP contribution in [-0.2, 0) is 9.59 Å². The van der Waals surface area contributed by atoms with Crippen LogP contribution in [0.5, 0.6) is 5.75 Å². The van der Waals surface area contributed by atoms with E-state index in [4.69, 9.17) is 16.3 Å². The SMILES string of the molecule is COc1ccc(C)cc1NC(=O)[C@@H]1CC(=O)N(c2ccc(C)c(Cl)c2)C1. The number of nitrogens with zero attached hydrogens (tertiary/aromatic N) is 1. The van der Waals surface area contributed by atoms with Crippen molar-refractivity contribution in [1.82, 2.24) is 0 Å². The van der Waals surface area contributed by atoms with E-state index in [9.17, 15) is 9.59 Å². The number of carbonyl (C=O) groups is 2. The summed E-state index contributed by atoms with van der Waals surface area (Å²) in [7, 11) is 1.56. The molecular formula is C20H21ClN2O3. The van der Waals surface area contributed by atoms with E-state index in [0.29, 0.717) is 28.7 Å². The molecule has 1 fully saturated rings. The number of hydrogen-bond acceptors (Lipinski definition) is 3. The van der Waals surface area contributed by atoms with Gasteiger partial charge in [0.1, 0.15) is 5.75 Å². The first-order chi connectivity index (χ1) is 12.4. The fraction of sp³-hybridized carbons (Fsp3) is 0.300. The van der Waals surface area contributed by atoms with Gasteiger partial charge < -0.3 is 15.0 Å². The largest absolute Gasteiger partial charge is 0.495 e. The van der Waals surface area contributed by atoms with E-state index in [0.717, 1.165) is 11.1 Å². The monoisotopic (exact) mass is 372 g/mol. The van der Waals surface area contributed by atoms with Crippen LogP contribution >= 0.6 is 11.6 Å². The minimum atomic E-state index is -0.423. The van der Waals surface area contributed by atoms with Gasteiger partial charge in [0.2, 0.25) is 11.8 Å². The number of amides is 2. The summed E-state index contributed by atoms with van der Waals surface area (Å²) >= 11 is 6.16. The first-order valence-corrected chi connectivity index (χ1v) is 8.79. The van der Waals surface area contributed by atoms with Crippen molar-refractivity contribution in [2.75, 3.05) is 23.9 Å². The molecule has 3 rings (SSSR count). The molecule has 0 spiro atoms. The minimum absolute atomic E-state index is 0.0822. The molecule has 136 valence electrons. The molecule has 1 aliphatic heterocycles. The molecule has 0 aliphatic carbocycles. The van der Waals surface area contributed by atoms with Crippen LogP contribution in [0.1, 0.15) is 17.5 Å². The van der Waals surface area contributed by atoms with Crippen LogP contribution in [0.3, 0.4) is 0 Å². The van der Waals surface area contributed by atoms with Crippen molar-refractivity contribution in [3.63, 3.8) is 0 Å². The smallest absolute Gasteiger partial charge is 0.229 e. The van der Waals surface area contributed by atoms with Gasteiger partial charge in [-0.3, -0.25) is 9.59 Å². The summed E-state index contributed by atoms with van der Waals surface area (Å²) in [5.74, 6) is -0.104. The Morgan fingerprint density at radius 1 is 1.23 bits per heavy atom. The quantitative estimate of drug-likeness (QED) is 0.883. The molecule has 2 aromatic rings. The fourth-order valence-corrected chi connectivity index (χ4v) is 3.21. The standard InChI is InChI=1S/C20H21ClN2O3/c1-12-4-7-18(26-3)17(8-12)22-20(25)14-9-19(24)23(11-14)15-6-5-13(2)16(21)10-15/h4-8,10,14H,9,11H2,1-3H3,(H,22,25)/t14-/m1/s1. The van der Waals surface area contributed by atoms with E-state index < -0.39 is 5.92 Å². The lowest BCUT2D eigenvalue weighted by Gasteiger charge is -2.18. The van der Waals surface area contributed by atoms with Gasteiger partial charge >= 0.3 is 0 Å². The van der Waals surface area contributed by atoms with E-state index in [1.807, 2.05) is 44.2 Å². The summed E-state index contributed by atoms with van der Waals surface area (Å²) in [4.78, 5) is 26.7. The van der Waals surface area contributed by atoms with Gasteiger partial charge in [0.15, 0.2) is 0 Å². The lowest BCUT2D eigenvalue weighted by atomic mass is 10.1. The van der Waals surface area contributed by atoms with Gasteiger partial charge in [-0.1, -0.05) is 23.7 Å². The lowest BCUT2D eigenvalue weighted by Crippen LogP contribution is -2.28. The average Bonchev–Trinajstić information content (AvgIpc) is 2.99. The van der Waals surface area contributed by atoms with Crippen LogP contribution in [0, 0.1) is 19.8 Å². The number of rotatable bonds is 4. The van der Waals surface area contributed by atoms with Gasteiger partial charge in [0, 0.05) is 23.7 Å². The van der Waals surface area contributed by atoms with E-state index >= 15 is 0 Å². The second kappa shape index (κ2) is 7.38. The molecule has 2 amide bonds. The van der Waals surface area contributed by atoms with E-state index in [1.165, 1.54) is 0 Å². The van der Waals surface area contributed by atoms with Crippen molar-refractivity contribution in [2.45, 2.75) is 20.3 Å². The molecule has 26 heavy (non-hydrogen) atoms. The molecule has 1 atom stereocenters. The highest BCUT2D eigenvalue weighted by molar-refractivity contribution is 6.31. The molecule has 0 aromatic heterocycles. The highest BCUT2D eigenvalue weighted by Gasteiger charge is 2.35. The molecule has 0 radical (unpaired) electrons. The zero-order valence-electron chi connectivity index (χ0n) is 15.0. The van der Waals surface area contributed by atoms with Gasteiger partial charge in [-0.2, -0.15) is 0 Å². The Labute approximate surface area is 157 Å². The molecule has 0 saturated carbocycles. The summed E-state index contributed by atoms with van der Waals surface area (Å²) in [5, 5.41) is 3.49. The van der Waals surface area contributed by atoms with Crippen LogP contribution in [0.2, 0.25) is 5.02 Å². The molecular weight excluding hydrogens is 352 g/mol. The van der Waals surface area contributed by atoms with Crippen LogP contribution in [0.25, 0.3) is 0 Å². The lowest BCUT2D eigenvalue weighted by molar-refractivity contribution is -0.122. The Morgan fingerprint density at radius 2 is 2.00 bits per heavy atom. The average molecular weight is 373 g/mol. The molecule has 1 N–H and O–H groups in total. The molecule has 0 bridgehead atoms. The van der Waals surface area contributed by atoms with Crippen LogP contribution in [0.4, 0.5) is 11.4 Å². The maximum atomic E-state index is 12.7. The zero-order valence-corrected chi connectivity index (χ0v) is 15.8. The van der Waals surface area contributed by atoms with Crippen molar-refractivity contribution in [2.24, 2.45) is 5.92 Å². The van der Waals surface area contributed by atoms with E-state index in [2.05, 4.69) is 5.32 Å². The highest BCUT2D eigenvalue weighted by atomic mass is 35.5. The Hall–Kier alpha value is -2.53. The fourth-order valence-electron chi connectivity index (χ4n) is 3.04. The van der Waals surface area contributed by atoms with Gasteiger partial charge in [-0.25, -0.2) is 0 Å². The van der Waals surface area contributed by atoms with Gasteiger partial charge in [-0.15, -0.1) is 0 Å². The van der Waals surface area contributed by atoms with Crippen LogP contribution in [-0.4, -0.2) is 25.5 Å². The summed E-state index contributed by atoms with van der Waals surface area (Å²) < 4.78 is 5.29. The normalized spacial score (nSPS) is 16.7. The van der Waals surface area contributed by atoms with E-state index in [1.54, 1.807) is 18.1 Å². The van der Waals surface area contributed by atoms with Crippen LogP contribution < -0.4 is 15.0 Å². The Morgan fingerprint density at radius 3 is 2.69 bits per heavy atom. The molecule has 1 saturated heterocycles. The summed E-state index contributed by atoms with van der Waals surface area (Å²) in [5.41, 5.74) is 3.29. The molecule has 5 nitrogen and oxygen atoms in total. The summed E-state index contributed by atoms with van der Waals surface area (Å²) in [6.45, 7) is 4.18. The zero-order chi connectivity index (χ0) is 18.8. The van der Waals surface area contributed by atoms with E-state index in [-0.39, 0.29) is 18.2 Å². The number of methoxy groups -OCH3 is 1. The van der Waals surface area contributed by atoms with Gasteiger partial charge in [0.25, 0.3) is 0 Å². The minimum Gasteiger partial charge on any atom is -0.495 e. The first-order valence-electron chi connectivity index (χ1n) is 8.41. The number of aryl methyl sites for hydroxylation is 2. The van der Waals surface area contributed by atoms with Crippen LogP contribution in [0.15, 0.2) is 36.4 Å². The molecule has 2 aromatic carbocycles. The number of anilines is 2. The van der Waals surface area contributed by atoms with Crippen molar-refractivity contribution < 1.29 is 14.3 Å². The summed E-state index contributed by atoms with van der Waals surface area (Å²) in [6, 6.07) is 11.1. The maximum absolute atomic E-state index is 12.7. The highest BCUT2D eigenvalue weighted by Crippen LogP contribution is 2.31. The van der Waals surface area contributed by atoms with Crippen molar-refractivity contribution in [3.05, 3.63) is 52.5 Å². The Balaban J connectivity index is 1.75. The van der Waals surface area contributed by atoms with Gasteiger partial charge in [0.05, 0.1) is 18.7 Å². The Kier molecular flexibility index (Phi) is 5.18. The number of halogens is 1. The molecule has 6 heteroatoms. The number of carbonyl (C=O) groups excluding carboxylic acids is 2. The Bertz CT molecular complexity index is 866. The third kappa shape index (κ3) is 3.68. The molecule has 1 aliphatic rings. The predicted molar refractivity (Wildman–Crippen MR) is 103 cm³/mol. The molecule has 1 heterocycles. The first kappa shape index (κ1) is 18.3. The van der Waals surface area contributed by atoms with Gasteiger partial charge in [-0.05, 0) is 49.2 Å². The number of ether oxygens (including phenoxy) is 1. The van der Waals surface area contributed by atoms with Crippen molar-refractivity contribution in [1.29, 1.82) is 0 Å². The van der Waals surface area contributed by atoms with Crippen molar-refractivity contribution in [3.8, 4) is 5.75 Å². The number of nitrogens with one attached hydrogen (secondary N) is 1. The topological polar surface area (TPSA) is 58.6 Å². The maximum Gasteiger partial charge on any atom is 0.229 e. The predicted octanol–water partition coefficient (Wildman–Crippen LogP) is 3.96. The third-order valence-electron chi connectivity index (χ3n) is 4.58. The molecule has 0 unspecified atom stereocenters.